The summed E-state index contributed by atoms with van der Waals surface area (Å²) in [4.78, 5) is 6.19. The van der Waals surface area contributed by atoms with E-state index in [1.807, 2.05) is 11.3 Å². The number of aromatic nitrogens is 1. The predicted molar refractivity (Wildman–Crippen MR) is 95.4 cm³/mol. The lowest BCUT2D eigenvalue weighted by atomic mass is 9.86. The van der Waals surface area contributed by atoms with Gasteiger partial charge in [0.1, 0.15) is 0 Å². The molecule has 1 fully saturated rings. The van der Waals surface area contributed by atoms with Gasteiger partial charge in [-0.3, -0.25) is 0 Å². The molecule has 1 aliphatic carbocycles. The van der Waals surface area contributed by atoms with Gasteiger partial charge in [0, 0.05) is 29.4 Å². The second kappa shape index (κ2) is 7.38. The Labute approximate surface area is 138 Å². The van der Waals surface area contributed by atoms with Gasteiger partial charge in [-0.05, 0) is 25.7 Å². The molecule has 1 saturated carbocycles. The minimum Gasteiger partial charge on any atom is -0.313 e. The lowest BCUT2D eigenvalue weighted by molar-refractivity contribution is 0.282. The second-order valence-electron chi connectivity index (χ2n) is 6.45. The van der Waals surface area contributed by atoms with Crippen molar-refractivity contribution in [3.05, 3.63) is 40.2 Å². The van der Waals surface area contributed by atoms with E-state index in [1.54, 1.807) is 0 Å². The van der Waals surface area contributed by atoms with E-state index < -0.39 is 0 Å². The third-order valence-electron chi connectivity index (χ3n) is 4.74. The summed E-state index contributed by atoms with van der Waals surface area (Å²) in [5.41, 5.74) is 2.39. The van der Waals surface area contributed by atoms with Crippen LogP contribution in [0.3, 0.4) is 0 Å². The van der Waals surface area contributed by atoms with Crippen LogP contribution in [-0.4, -0.2) is 17.6 Å². The highest BCUT2D eigenvalue weighted by molar-refractivity contribution is 7.12. The molecule has 1 aromatic heterocycles. The molecule has 1 aliphatic rings. The van der Waals surface area contributed by atoms with Crippen LogP contribution in [0.2, 0.25) is 0 Å². The highest BCUT2D eigenvalue weighted by atomic mass is 32.1. The maximum absolute atomic E-state index is 4.86. The maximum Gasteiger partial charge on any atom is 0.0948 e. The van der Waals surface area contributed by atoms with Gasteiger partial charge in [-0.25, -0.2) is 4.98 Å². The molecule has 0 spiro atoms. The minimum atomic E-state index is 0.711. The molecule has 3 rings (SSSR count). The standard InChI is InChI=1S/C19H26N2S/c1-14-8-6-7-11-17(14)20-13-12-18-21-19(15(2)22-18)16-9-4-3-5-10-16/h3-5,9-10,14,17,20H,6-8,11-13H2,1-2H3. The molecule has 2 atom stereocenters. The van der Waals surface area contributed by atoms with E-state index in [0.717, 1.165) is 24.6 Å². The first-order valence-electron chi connectivity index (χ1n) is 8.49. The van der Waals surface area contributed by atoms with Crippen molar-refractivity contribution in [2.24, 2.45) is 5.92 Å². The van der Waals surface area contributed by atoms with Crippen molar-refractivity contribution in [3.8, 4) is 11.3 Å². The number of nitrogens with zero attached hydrogens (tertiary/aromatic N) is 1. The molecule has 0 radical (unpaired) electrons. The average molecular weight is 314 g/mol. The molecular weight excluding hydrogens is 288 g/mol. The van der Waals surface area contributed by atoms with Gasteiger partial charge >= 0.3 is 0 Å². The summed E-state index contributed by atoms with van der Waals surface area (Å²) < 4.78 is 0. The fourth-order valence-electron chi connectivity index (χ4n) is 3.41. The third kappa shape index (κ3) is 3.76. The van der Waals surface area contributed by atoms with Gasteiger partial charge < -0.3 is 5.32 Å². The highest BCUT2D eigenvalue weighted by Crippen LogP contribution is 2.28. The Morgan fingerprint density at radius 2 is 1.95 bits per heavy atom. The molecule has 1 aromatic carbocycles. The van der Waals surface area contributed by atoms with Crippen molar-refractivity contribution < 1.29 is 0 Å². The zero-order valence-corrected chi connectivity index (χ0v) is 14.5. The van der Waals surface area contributed by atoms with E-state index in [4.69, 9.17) is 4.98 Å². The molecule has 0 bridgehead atoms. The zero-order valence-electron chi connectivity index (χ0n) is 13.6. The minimum absolute atomic E-state index is 0.711. The maximum atomic E-state index is 4.86. The highest BCUT2D eigenvalue weighted by Gasteiger charge is 2.20. The second-order valence-corrected chi connectivity index (χ2v) is 7.74. The first-order valence-corrected chi connectivity index (χ1v) is 9.31. The van der Waals surface area contributed by atoms with E-state index in [9.17, 15) is 0 Å². The Kier molecular flexibility index (Phi) is 5.27. The molecule has 0 amide bonds. The van der Waals surface area contributed by atoms with Gasteiger partial charge in [-0.15, -0.1) is 11.3 Å². The molecular formula is C19H26N2S. The van der Waals surface area contributed by atoms with Crippen molar-refractivity contribution in [1.82, 2.24) is 10.3 Å². The number of rotatable bonds is 5. The van der Waals surface area contributed by atoms with Gasteiger partial charge in [0.15, 0.2) is 0 Å². The summed E-state index contributed by atoms with van der Waals surface area (Å²) >= 11 is 1.85. The molecule has 2 aromatic rings. The van der Waals surface area contributed by atoms with Gasteiger partial charge in [0.05, 0.1) is 10.7 Å². The molecule has 118 valence electrons. The normalized spacial score (nSPS) is 21.9. The summed E-state index contributed by atoms with van der Waals surface area (Å²) in [6.45, 7) is 5.62. The predicted octanol–water partition coefficient (Wildman–Crippen LogP) is 4.83. The van der Waals surface area contributed by atoms with Crippen molar-refractivity contribution in [2.75, 3.05) is 6.54 Å². The van der Waals surface area contributed by atoms with E-state index in [2.05, 4.69) is 49.5 Å². The molecule has 1 N–H and O–H groups in total. The topological polar surface area (TPSA) is 24.9 Å². The Balaban J connectivity index is 1.57. The van der Waals surface area contributed by atoms with Crippen LogP contribution in [0.5, 0.6) is 0 Å². The Bertz CT molecular complexity index is 591. The number of hydrogen-bond acceptors (Lipinski definition) is 3. The van der Waals surface area contributed by atoms with Crippen LogP contribution < -0.4 is 5.32 Å². The van der Waals surface area contributed by atoms with Gasteiger partial charge in [0.25, 0.3) is 0 Å². The zero-order chi connectivity index (χ0) is 15.4. The molecule has 2 unspecified atom stereocenters. The molecule has 2 nitrogen and oxygen atoms in total. The molecule has 3 heteroatoms. The Morgan fingerprint density at radius 1 is 1.18 bits per heavy atom. The summed E-state index contributed by atoms with van der Waals surface area (Å²) in [6.07, 6.45) is 6.56. The van der Waals surface area contributed by atoms with Crippen LogP contribution >= 0.6 is 11.3 Å². The number of hydrogen-bond donors (Lipinski definition) is 1. The van der Waals surface area contributed by atoms with Crippen LogP contribution in [0.1, 0.15) is 42.5 Å². The van der Waals surface area contributed by atoms with Gasteiger partial charge in [-0.1, -0.05) is 50.1 Å². The van der Waals surface area contributed by atoms with Crippen molar-refractivity contribution >= 4 is 11.3 Å². The lowest BCUT2D eigenvalue weighted by Gasteiger charge is -2.29. The van der Waals surface area contributed by atoms with E-state index >= 15 is 0 Å². The number of benzene rings is 1. The first-order chi connectivity index (χ1) is 10.7. The molecule has 0 aliphatic heterocycles. The van der Waals surface area contributed by atoms with Crippen molar-refractivity contribution in [3.63, 3.8) is 0 Å². The third-order valence-corrected chi connectivity index (χ3v) is 5.78. The van der Waals surface area contributed by atoms with Crippen LogP contribution in [0.25, 0.3) is 11.3 Å². The fourth-order valence-corrected chi connectivity index (χ4v) is 4.36. The van der Waals surface area contributed by atoms with Crippen LogP contribution in [-0.2, 0) is 6.42 Å². The summed E-state index contributed by atoms with van der Waals surface area (Å²) in [5.74, 6) is 0.826. The first kappa shape index (κ1) is 15.7. The lowest BCUT2D eigenvalue weighted by Crippen LogP contribution is -2.38. The van der Waals surface area contributed by atoms with E-state index in [-0.39, 0.29) is 0 Å². The molecule has 0 saturated heterocycles. The van der Waals surface area contributed by atoms with Gasteiger partial charge in [0.2, 0.25) is 0 Å². The average Bonchev–Trinajstić information content (AvgIpc) is 2.91. The van der Waals surface area contributed by atoms with E-state index in [0.29, 0.717) is 6.04 Å². The summed E-state index contributed by atoms with van der Waals surface area (Å²) in [5, 5.41) is 5.01. The number of aryl methyl sites for hydroxylation is 1. The van der Waals surface area contributed by atoms with Crippen molar-refractivity contribution in [2.45, 2.75) is 52.0 Å². The fraction of sp³-hybridized carbons (Fsp3) is 0.526. The summed E-state index contributed by atoms with van der Waals surface area (Å²) in [7, 11) is 0. The van der Waals surface area contributed by atoms with Crippen molar-refractivity contribution in [1.29, 1.82) is 0 Å². The molecule has 22 heavy (non-hydrogen) atoms. The van der Waals surface area contributed by atoms with Crippen LogP contribution in [0.15, 0.2) is 30.3 Å². The quantitative estimate of drug-likeness (QED) is 0.855. The monoisotopic (exact) mass is 314 g/mol. The Hall–Kier alpha value is -1.19. The van der Waals surface area contributed by atoms with E-state index in [1.165, 1.54) is 41.1 Å². The SMILES string of the molecule is Cc1sc(CCNC2CCCCC2C)nc1-c1ccccc1. The largest absolute Gasteiger partial charge is 0.313 e. The Morgan fingerprint density at radius 3 is 2.73 bits per heavy atom. The van der Waals surface area contributed by atoms with Gasteiger partial charge in [-0.2, -0.15) is 0 Å². The van der Waals surface area contributed by atoms with Crippen LogP contribution in [0, 0.1) is 12.8 Å². The molecule has 1 heterocycles. The number of nitrogens with one attached hydrogen (secondary N) is 1. The summed E-state index contributed by atoms with van der Waals surface area (Å²) in [6, 6.07) is 11.2. The smallest absolute Gasteiger partial charge is 0.0948 e. The number of thiazole rings is 1. The van der Waals surface area contributed by atoms with Crippen LogP contribution in [0.4, 0.5) is 0 Å².